The van der Waals surface area contributed by atoms with Gasteiger partial charge in [0.05, 0.1) is 11.7 Å². The number of hydrogen-bond donors (Lipinski definition) is 0. The quantitative estimate of drug-likeness (QED) is 0.768. The standard InChI is InChI=1S/C21H26N4S/c1-15-13-25-20(16-10-12-24(14-16)17-7-3-2-4-8-17)19(23-21(25)26-15)18-9-5-6-11-22-18/h5-6,9-12,14-15,17,19-20H,2-4,7-8,13H2,1H3/t15-,19+,20-/m1/s1. The summed E-state index contributed by atoms with van der Waals surface area (Å²) in [6.07, 6.45) is 13.3. The zero-order valence-corrected chi connectivity index (χ0v) is 16.1. The SMILES string of the molecule is C[C@@H]1CN2C(=N[C@@H](c3ccccn3)[C@H]2c2ccn(C3CCCCC3)c2)S1. The molecular weight excluding hydrogens is 340 g/mol. The molecule has 5 heteroatoms. The topological polar surface area (TPSA) is 33.4 Å². The Morgan fingerprint density at radius 3 is 2.81 bits per heavy atom. The summed E-state index contributed by atoms with van der Waals surface area (Å²) in [5, 5.41) is 1.81. The summed E-state index contributed by atoms with van der Waals surface area (Å²) < 4.78 is 2.47. The van der Waals surface area contributed by atoms with Crippen molar-refractivity contribution >= 4 is 16.9 Å². The number of pyridine rings is 1. The number of hydrogen-bond acceptors (Lipinski definition) is 4. The van der Waals surface area contributed by atoms with Gasteiger partial charge in [0.2, 0.25) is 0 Å². The van der Waals surface area contributed by atoms with Crippen molar-refractivity contribution in [2.45, 2.75) is 62.4 Å². The molecule has 0 spiro atoms. The van der Waals surface area contributed by atoms with Gasteiger partial charge in [-0.15, -0.1) is 0 Å². The normalized spacial score (nSPS) is 29.0. The Morgan fingerprint density at radius 1 is 1.12 bits per heavy atom. The van der Waals surface area contributed by atoms with Crippen LogP contribution in [0.5, 0.6) is 0 Å². The molecule has 3 aliphatic rings. The maximum atomic E-state index is 5.08. The van der Waals surface area contributed by atoms with Crippen molar-refractivity contribution in [1.29, 1.82) is 0 Å². The van der Waals surface area contributed by atoms with E-state index in [2.05, 4.69) is 52.0 Å². The van der Waals surface area contributed by atoms with Gasteiger partial charge in [0, 0.05) is 36.4 Å². The first-order valence-corrected chi connectivity index (χ1v) is 10.8. The average Bonchev–Trinajstić information content (AvgIpc) is 3.37. The van der Waals surface area contributed by atoms with Crippen LogP contribution < -0.4 is 0 Å². The second-order valence-electron chi connectivity index (χ2n) is 7.82. The van der Waals surface area contributed by atoms with E-state index in [0.29, 0.717) is 11.3 Å². The van der Waals surface area contributed by atoms with Gasteiger partial charge in [-0.1, -0.05) is 44.0 Å². The molecule has 1 saturated carbocycles. The van der Waals surface area contributed by atoms with E-state index in [9.17, 15) is 0 Å². The van der Waals surface area contributed by atoms with Crippen molar-refractivity contribution in [2.24, 2.45) is 4.99 Å². The lowest BCUT2D eigenvalue weighted by atomic mass is 9.95. The van der Waals surface area contributed by atoms with Gasteiger partial charge >= 0.3 is 0 Å². The molecular formula is C21H26N4S. The van der Waals surface area contributed by atoms with Gasteiger partial charge < -0.3 is 9.47 Å². The van der Waals surface area contributed by atoms with E-state index in [1.54, 1.807) is 0 Å². The van der Waals surface area contributed by atoms with Crippen molar-refractivity contribution in [3.63, 3.8) is 0 Å². The van der Waals surface area contributed by atoms with Crippen LogP contribution in [0.15, 0.2) is 47.8 Å². The zero-order valence-electron chi connectivity index (χ0n) is 15.3. The molecule has 1 saturated heterocycles. The Morgan fingerprint density at radius 2 is 2.00 bits per heavy atom. The summed E-state index contributed by atoms with van der Waals surface area (Å²) in [6, 6.07) is 9.57. The monoisotopic (exact) mass is 366 g/mol. The molecule has 0 N–H and O–H groups in total. The Bertz CT molecular complexity index is 793. The lowest BCUT2D eigenvalue weighted by Crippen LogP contribution is -2.28. The summed E-state index contributed by atoms with van der Waals surface area (Å²) in [4.78, 5) is 12.2. The van der Waals surface area contributed by atoms with Gasteiger partial charge in [-0.05, 0) is 36.6 Å². The molecule has 26 heavy (non-hydrogen) atoms. The Balaban J connectivity index is 1.48. The van der Waals surface area contributed by atoms with Gasteiger partial charge in [-0.2, -0.15) is 0 Å². The van der Waals surface area contributed by atoms with Crippen LogP contribution in [0, 0.1) is 0 Å². The van der Waals surface area contributed by atoms with Crippen LogP contribution >= 0.6 is 11.8 Å². The fraction of sp³-hybridized carbons (Fsp3) is 0.524. The molecule has 2 aromatic heterocycles. The highest BCUT2D eigenvalue weighted by Gasteiger charge is 2.43. The van der Waals surface area contributed by atoms with Crippen LogP contribution in [0.3, 0.4) is 0 Å². The van der Waals surface area contributed by atoms with Gasteiger partial charge in [0.1, 0.15) is 6.04 Å². The molecule has 2 aromatic rings. The fourth-order valence-corrected chi connectivity index (χ4v) is 5.78. The maximum Gasteiger partial charge on any atom is 0.160 e. The Labute approximate surface area is 159 Å². The highest BCUT2D eigenvalue weighted by Crippen LogP contribution is 2.47. The minimum atomic E-state index is 0.105. The van der Waals surface area contributed by atoms with Gasteiger partial charge in [0.15, 0.2) is 5.17 Å². The van der Waals surface area contributed by atoms with Crippen LogP contribution in [-0.4, -0.2) is 31.4 Å². The predicted molar refractivity (Wildman–Crippen MR) is 107 cm³/mol. The average molecular weight is 367 g/mol. The number of nitrogens with zero attached hydrogens (tertiary/aromatic N) is 4. The number of thioether (sulfide) groups is 1. The van der Waals surface area contributed by atoms with E-state index >= 15 is 0 Å². The van der Waals surface area contributed by atoms with Crippen LogP contribution in [-0.2, 0) is 0 Å². The van der Waals surface area contributed by atoms with Crippen LogP contribution in [0.1, 0.15) is 68.4 Å². The summed E-state index contributed by atoms with van der Waals surface area (Å²) in [5.41, 5.74) is 2.47. The smallest absolute Gasteiger partial charge is 0.160 e. The van der Waals surface area contributed by atoms with Crippen molar-refractivity contribution in [2.75, 3.05) is 6.54 Å². The minimum absolute atomic E-state index is 0.105. The zero-order chi connectivity index (χ0) is 17.5. The van der Waals surface area contributed by atoms with E-state index in [1.807, 2.05) is 24.0 Å². The van der Waals surface area contributed by atoms with E-state index in [4.69, 9.17) is 4.99 Å². The van der Waals surface area contributed by atoms with E-state index in [-0.39, 0.29) is 12.1 Å². The highest BCUT2D eigenvalue weighted by molar-refractivity contribution is 8.14. The van der Waals surface area contributed by atoms with Crippen LogP contribution in [0.4, 0.5) is 0 Å². The molecule has 136 valence electrons. The summed E-state index contributed by atoms with van der Waals surface area (Å²) in [5.74, 6) is 0. The lowest BCUT2D eigenvalue weighted by molar-refractivity contribution is 0.318. The Kier molecular flexibility index (Phi) is 4.27. The molecule has 3 atom stereocenters. The third-order valence-corrected chi connectivity index (χ3v) is 7.06. The van der Waals surface area contributed by atoms with Crippen LogP contribution in [0.2, 0.25) is 0 Å². The number of amidine groups is 1. The number of aliphatic imine (C=N–C) groups is 1. The molecule has 2 aliphatic heterocycles. The minimum Gasteiger partial charge on any atom is -0.351 e. The van der Waals surface area contributed by atoms with Crippen molar-refractivity contribution in [3.05, 3.63) is 54.1 Å². The van der Waals surface area contributed by atoms with Crippen molar-refractivity contribution in [1.82, 2.24) is 14.5 Å². The third-order valence-electron chi connectivity index (χ3n) is 5.96. The van der Waals surface area contributed by atoms with E-state index in [1.165, 1.54) is 42.8 Å². The maximum absolute atomic E-state index is 5.08. The molecule has 0 aromatic carbocycles. The molecule has 5 rings (SSSR count). The molecule has 0 radical (unpaired) electrons. The van der Waals surface area contributed by atoms with Gasteiger partial charge in [-0.3, -0.25) is 9.98 Å². The van der Waals surface area contributed by atoms with Crippen molar-refractivity contribution in [3.8, 4) is 0 Å². The molecule has 2 fully saturated rings. The number of rotatable bonds is 3. The first-order valence-electron chi connectivity index (χ1n) is 9.89. The summed E-state index contributed by atoms with van der Waals surface area (Å²) in [7, 11) is 0. The van der Waals surface area contributed by atoms with Gasteiger partial charge in [-0.25, -0.2) is 0 Å². The number of fused-ring (bicyclic) bond motifs is 1. The molecule has 0 bridgehead atoms. The van der Waals surface area contributed by atoms with E-state index in [0.717, 1.165) is 12.2 Å². The molecule has 4 heterocycles. The van der Waals surface area contributed by atoms with E-state index < -0.39 is 0 Å². The first-order chi connectivity index (χ1) is 12.8. The van der Waals surface area contributed by atoms with Crippen LogP contribution in [0.25, 0.3) is 0 Å². The van der Waals surface area contributed by atoms with Gasteiger partial charge in [0.25, 0.3) is 0 Å². The highest BCUT2D eigenvalue weighted by atomic mass is 32.2. The van der Waals surface area contributed by atoms with Crippen molar-refractivity contribution < 1.29 is 0 Å². The first kappa shape index (κ1) is 16.4. The number of aromatic nitrogens is 2. The molecule has 1 aliphatic carbocycles. The summed E-state index contributed by atoms with van der Waals surface area (Å²) >= 11 is 1.91. The largest absolute Gasteiger partial charge is 0.351 e. The molecule has 0 unspecified atom stereocenters. The second kappa shape index (κ2) is 6.76. The second-order valence-corrected chi connectivity index (χ2v) is 9.23. The fourth-order valence-electron chi connectivity index (χ4n) is 4.69. The molecule has 4 nitrogen and oxygen atoms in total. The summed E-state index contributed by atoms with van der Waals surface area (Å²) in [6.45, 7) is 3.37. The predicted octanol–water partition coefficient (Wildman–Crippen LogP) is 4.98. The lowest BCUT2D eigenvalue weighted by Gasteiger charge is -2.27. The third kappa shape index (κ3) is 2.86. The molecule has 0 amide bonds. The Hall–Kier alpha value is -1.75.